The Morgan fingerprint density at radius 1 is 1.24 bits per heavy atom. The van der Waals surface area contributed by atoms with Crippen LogP contribution in [-0.4, -0.2) is 33.5 Å². The van der Waals surface area contributed by atoms with Gasteiger partial charge in [-0.05, 0) is 36.7 Å². The molecule has 3 amide bonds. The van der Waals surface area contributed by atoms with Gasteiger partial charge in [-0.1, -0.05) is 12.1 Å². The molecule has 21 heavy (non-hydrogen) atoms. The first-order valence-electron chi connectivity index (χ1n) is 6.24. The van der Waals surface area contributed by atoms with Crippen LogP contribution < -0.4 is 5.32 Å². The highest BCUT2D eigenvalue weighted by molar-refractivity contribution is 7.10. The topological polar surface area (TPSA) is 79.4 Å². The maximum absolute atomic E-state index is 12.1. The number of aromatic nitrogens is 1. The van der Waals surface area contributed by atoms with Crippen molar-refractivity contribution in [3.63, 3.8) is 0 Å². The van der Waals surface area contributed by atoms with Gasteiger partial charge in [-0.25, -0.2) is 0 Å². The number of fused-ring (bicyclic) bond motifs is 1. The Labute approximate surface area is 124 Å². The molecule has 0 saturated heterocycles. The zero-order valence-electron chi connectivity index (χ0n) is 11.1. The lowest BCUT2D eigenvalue weighted by molar-refractivity contribution is -0.116. The van der Waals surface area contributed by atoms with Crippen molar-refractivity contribution < 1.29 is 14.4 Å². The third kappa shape index (κ3) is 2.43. The minimum absolute atomic E-state index is 0.302. The van der Waals surface area contributed by atoms with E-state index in [1.807, 2.05) is 6.92 Å². The number of nitrogens with zero attached hydrogens (tertiary/aromatic N) is 2. The molecule has 7 heteroatoms. The summed E-state index contributed by atoms with van der Waals surface area (Å²) in [5.74, 6) is -1.30. The second-order valence-electron chi connectivity index (χ2n) is 4.62. The fraction of sp³-hybridized carbons (Fsp3) is 0.143. The minimum Gasteiger partial charge on any atom is -0.315 e. The van der Waals surface area contributed by atoms with E-state index in [9.17, 15) is 14.4 Å². The molecule has 0 saturated carbocycles. The Morgan fingerprint density at radius 3 is 2.38 bits per heavy atom. The number of hydrogen-bond acceptors (Lipinski definition) is 5. The summed E-state index contributed by atoms with van der Waals surface area (Å²) in [5, 5.41) is 3.22. The highest BCUT2D eigenvalue weighted by Crippen LogP contribution is 2.22. The molecular formula is C14H11N3O3S. The van der Waals surface area contributed by atoms with Gasteiger partial charge in [-0.3, -0.25) is 19.3 Å². The first-order valence-corrected chi connectivity index (χ1v) is 7.02. The van der Waals surface area contributed by atoms with E-state index in [4.69, 9.17) is 0 Å². The number of rotatable bonds is 3. The van der Waals surface area contributed by atoms with Gasteiger partial charge >= 0.3 is 0 Å². The lowest BCUT2D eigenvalue weighted by Gasteiger charge is -2.12. The number of imide groups is 1. The Kier molecular flexibility index (Phi) is 3.26. The van der Waals surface area contributed by atoms with Crippen LogP contribution >= 0.6 is 11.5 Å². The molecule has 2 aromatic rings. The van der Waals surface area contributed by atoms with Gasteiger partial charge in [0.1, 0.15) is 11.5 Å². The molecule has 1 aromatic carbocycles. The van der Waals surface area contributed by atoms with E-state index in [0.717, 1.165) is 22.1 Å². The smallest absolute Gasteiger partial charge is 0.262 e. The van der Waals surface area contributed by atoms with Crippen LogP contribution in [0.4, 0.5) is 5.00 Å². The van der Waals surface area contributed by atoms with Crippen LogP contribution in [0.5, 0.6) is 0 Å². The lowest BCUT2D eigenvalue weighted by Crippen LogP contribution is -2.37. The largest absolute Gasteiger partial charge is 0.315 e. The first-order chi connectivity index (χ1) is 10.1. The van der Waals surface area contributed by atoms with Gasteiger partial charge in [0, 0.05) is 0 Å². The van der Waals surface area contributed by atoms with E-state index in [0.29, 0.717) is 16.1 Å². The van der Waals surface area contributed by atoms with E-state index in [2.05, 4.69) is 9.69 Å². The molecule has 0 aliphatic carbocycles. The molecule has 0 fully saturated rings. The van der Waals surface area contributed by atoms with Gasteiger partial charge in [0.25, 0.3) is 11.8 Å². The second kappa shape index (κ2) is 5.10. The molecule has 0 atom stereocenters. The predicted molar refractivity (Wildman–Crippen MR) is 77.3 cm³/mol. The van der Waals surface area contributed by atoms with Crippen molar-refractivity contribution in [1.82, 2.24) is 9.27 Å². The molecule has 0 spiro atoms. The van der Waals surface area contributed by atoms with Gasteiger partial charge in [-0.2, -0.15) is 4.37 Å². The van der Waals surface area contributed by atoms with Gasteiger partial charge < -0.3 is 5.32 Å². The molecule has 1 aliphatic heterocycles. The number of aryl methyl sites for hydroxylation is 1. The summed E-state index contributed by atoms with van der Waals surface area (Å²) >= 11 is 1.15. The quantitative estimate of drug-likeness (QED) is 0.875. The Morgan fingerprint density at radius 2 is 1.86 bits per heavy atom. The lowest BCUT2D eigenvalue weighted by atomic mass is 10.1. The fourth-order valence-electron chi connectivity index (χ4n) is 2.13. The van der Waals surface area contributed by atoms with E-state index >= 15 is 0 Å². The van der Waals surface area contributed by atoms with Crippen LogP contribution in [0.2, 0.25) is 0 Å². The van der Waals surface area contributed by atoms with Gasteiger partial charge in [0.15, 0.2) is 0 Å². The molecule has 106 valence electrons. The van der Waals surface area contributed by atoms with Crippen molar-refractivity contribution in [2.75, 3.05) is 11.9 Å². The van der Waals surface area contributed by atoms with Crippen LogP contribution in [0.25, 0.3) is 0 Å². The molecule has 1 aromatic heterocycles. The number of amides is 3. The summed E-state index contributed by atoms with van der Waals surface area (Å²) in [6.45, 7) is 1.51. The van der Waals surface area contributed by atoms with Crippen molar-refractivity contribution in [3.05, 3.63) is 47.2 Å². The SMILES string of the molecule is Cc1cc(NC(=O)CN2C(=O)c3ccccc3C2=O)sn1. The van der Waals surface area contributed by atoms with Crippen molar-refractivity contribution >= 4 is 34.3 Å². The number of anilines is 1. The van der Waals surface area contributed by atoms with E-state index < -0.39 is 17.7 Å². The highest BCUT2D eigenvalue weighted by Gasteiger charge is 2.36. The summed E-state index contributed by atoms with van der Waals surface area (Å²) in [4.78, 5) is 37.1. The Hall–Kier alpha value is -2.54. The summed E-state index contributed by atoms with van der Waals surface area (Å²) in [6, 6.07) is 8.27. The molecule has 1 aliphatic rings. The van der Waals surface area contributed by atoms with Crippen LogP contribution in [0.3, 0.4) is 0 Å². The van der Waals surface area contributed by atoms with Crippen molar-refractivity contribution in [3.8, 4) is 0 Å². The Bertz CT molecular complexity index is 718. The monoisotopic (exact) mass is 301 g/mol. The molecule has 0 unspecified atom stereocenters. The van der Waals surface area contributed by atoms with Crippen LogP contribution in [-0.2, 0) is 4.79 Å². The summed E-state index contributed by atoms with van der Waals surface area (Å²) in [6.07, 6.45) is 0. The molecular weight excluding hydrogens is 290 g/mol. The molecule has 0 radical (unpaired) electrons. The van der Waals surface area contributed by atoms with Crippen LogP contribution in [0, 0.1) is 6.92 Å². The van der Waals surface area contributed by atoms with Crippen LogP contribution in [0.1, 0.15) is 26.4 Å². The molecule has 2 heterocycles. The third-order valence-electron chi connectivity index (χ3n) is 3.07. The molecule has 0 bridgehead atoms. The van der Waals surface area contributed by atoms with E-state index in [1.54, 1.807) is 30.3 Å². The normalized spacial score (nSPS) is 13.5. The summed E-state index contributed by atoms with van der Waals surface area (Å²) < 4.78 is 4.04. The maximum Gasteiger partial charge on any atom is 0.262 e. The zero-order valence-corrected chi connectivity index (χ0v) is 11.9. The average Bonchev–Trinajstić information content (AvgIpc) is 2.97. The standard InChI is InChI=1S/C14H11N3O3S/c1-8-6-12(21-16-8)15-11(18)7-17-13(19)9-4-2-3-5-10(9)14(17)20/h2-6H,7H2,1H3,(H,15,18). The van der Waals surface area contributed by atoms with E-state index in [-0.39, 0.29) is 6.54 Å². The maximum atomic E-state index is 12.1. The molecule has 3 rings (SSSR count). The average molecular weight is 301 g/mol. The second-order valence-corrected chi connectivity index (χ2v) is 5.43. The number of carbonyl (C=O) groups is 3. The number of nitrogens with one attached hydrogen (secondary N) is 1. The summed E-state index contributed by atoms with van der Waals surface area (Å²) in [7, 11) is 0. The molecule has 6 nitrogen and oxygen atoms in total. The number of benzene rings is 1. The van der Waals surface area contributed by atoms with Gasteiger partial charge in [-0.15, -0.1) is 0 Å². The summed E-state index contributed by atoms with van der Waals surface area (Å²) in [5.41, 5.74) is 1.48. The third-order valence-corrected chi connectivity index (χ3v) is 3.87. The minimum atomic E-state index is -0.439. The predicted octanol–water partition coefficient (Wildman–Crippen LogP) is 1.69. The van der Waals surface area contributed by atoms with Crippen molar-refractivity contribution in [2.24, 2.45) is 0 Å². The van der Waals surface area contributed by atoms with Gasteiger partial charge in [0.05, 0.1) is 16.8 Å². The highest BCUT2D eigenvalue weighted by atomic mass is 32.1. The first kappa shape index (κ1) is 13.4. The number of carbonyl (C=O) groups excluding carboxylic acids is 3. The van der Waals surface area contributed by atoms with Crippen molar-refractivity contribution in [1.29, 1.82) is 0 Å². The fourth-order valence-corrected chi connectivity index (χ4v) is 2.80. The zero-order chi connectivity index (χ0) is 15.0. The van der Waals surface area contributed by atoms with Gasteiger partial charge in [0.2, 0.25) is 5.91 Å². The van der Waals surface area contributed by atoms with E-state index in [1.165, 1.54) is 0 Å². The molecule has 1 N–H and O–H groups in total. The van der Waals surface area contributed by atoms with Crippen LogP contribution in [0.15, 0.2) is 30.3 Å². The van der Waals surface area contributed by atoms with Crippen molar-refractivity contribution in [2.45, 2.75) is 6.92 Å². The number of hydrogen-bond donors (Lipinski definition) is 1. The Balaban J connectivity index is 1.73.